The third-order valence-corrected chi connectivity index (χ3v) is 5.08. The van der Waals surface area contributed by atoms with E-state index in [0.717, 1.165) is 12.8 Å². The molecule has 0 fully saturated rings. The first-order valence-corrected chi connectivity index (χ1v) is 7.98. The quantitative estimate of drug-likeness (QED) is 0.830. The van der Waals surface area contributed by atoms with Gasteiger partial charge in [0, 0.05) is 31.5 Å². The molecule has 0 bridgehead atoms. The molecule has 1 aromatic heterocycles. The standard InChI is InChI=1S/C13H20N2O3S/c1-2-6-14-10-13(9-12(14)11-16)19(17,18)15-7-4-3-5-8-15/h3-4,9-10,16H,2,5-8,11H2,1H3. The molecule has 1 aromatic rings. The van der Waals surface area contributed by atoms with E-state index < -0.39 is 10.0 Å². The number of aliphatic hydroxyl groups excluding tert-OH is 1. The highest BCUT2D eigenvalue weighted by Gasteiger charge is 2.26. The van der Waals surface area contributed by atoms with Crippen molar-refractivity contribution in [1.29, 1.82) is 0 Å². The van der Waals surface area contributed by atoms with Crippen molar-refractivity contribution in [2.45, 2.75) is 37.8 Å². The minimum Gasteiger partial charge on any atom is -0.390 e. The van der Waals surface area contributed by atoms with Crippen molar-refractivity contribution in [2.24, 2.45) is 0 Å². The maximum absolute atomic E-state index is 12.5. The summed E-state index contributed by atoms with van der Waals surface area (Å²) in [5.74, 6) is 0. The van der Waals surface area contributed by atoms with Crippen LogP contribution in [0.4, 0.5) is 0 Å². The lowest BCUT2D eigenvalue weighted by Crippen LogP contribution is -2.33. The van der Waals surface area contributed by atoms with Crippen molar-refractivity contribution >= 4 is 10.0 Å². The number of rotatable bonds is 5. The Morgan fingerprint density at radius 2 is 2.16 bits per heavy atom. The van der Waals surface area contributed by atoms with Crippen molar-refractivity contribution in [1.82, 2.24) is 8.87 Å². The Labute approximate surface area is 114 Å². The third kappa shape index (κ3) is 2.91. The van der Waals surface area contributed by atoms with Crippen LogP contribution in [-0.4, -0.2) is 35.5 Å². The van der Waals surface area contributed by atoms with Gasteiger partial charge in [0.15, 0.2) is 0 Å². The molecule has 0 spiro atoms. The molecule has 6 heteroatoms. The lowest BCUT2D eigenvalue weighted by Gasteiger charge is -2.21. The summed E-state index contributed by atoms with van der Waals surface area (Å²) in [6.45, 7) is 3.54. The van der Waals surface area contributed by atoms with Crippen LogP contribution < -0.4 is 0 Å². The molecule has 0 aliphatic carbocycles. The highest BCUT2D eigenvalue weighted by atomic mass is 32.2. The molecule has 0 saturated carbocycles. The van der Waals surface area contributed by atoms with E-state index in [-0.39, 0.29) is 11.5 Å². The largest absolute Gasteiger partial charge is 0.390 e. The molecule has 1 aliphatic rings. The van der Waals surface area contributed by atoms with Gasteiger partial charge < -0.3 is 9.67 Å². The lowest BCUT2D eigenvalue weighted by molar-refractivity contribution is 0.270. The van der Waals surface area contributed by atoms with Gasteiger partial charge in [0.2, 0.25) is 10.0 Å². The van der Waals surface area contributed by atoms with Crippen LogP contribution in [0.3, 0.4) is 0 Å². The van der Waals surface area contributed by atoms with Gasteiger partial charge in [-0.15, -0.1) is 0 Å². The van der Waals surface area contributed by atoms with Crippen molar-refractivity contribution in [3.8, 4) is 0 Å². The number of nitrogens with zero attached hydrogens (tertiary/aromatic N) is 2. The first-order valence-electron chi connectivity index (χ1n) is 6.54. The van der Waals surface area contributed by atoms with E-state index >= 15 is 0 Å². The molecule has 1 N–H and O–H groups in total. The molecular formula is C13H20N2O3S. The number of aromatic nitrogens is 1. The van der Waals surface area contributed by atoms with Gasteiger partial charge in [-0.25, -0.2) is 8.42 Å². The van der Waals surface area contributed by atoms with Crippen LogP contribution in [0.25, 0.3) is 0 Å². The van der Waals surface area contributed by atoms with E-state index in [1.807, 2.05) is 23.6 Å². The van der Waals surface area contributed by atoms with Gasteiger partial charge in [-0.05, 0) is 18.9 Å². The SMILES string of the molecule is CCCn1cc(S(=O)(=O)N2CC=CCC2)cc1CO. The summed E-state index contributed by atoms with van der Waals surface area (Å²) in [7, 11) is -3.44. The Hall–Kier alpha value is -1.11. The Morgan fingerprint density at radius 1 is 1.37 bits per heavy atom. The summed E-state index contributed by atoms with van der Waals surface area (Å²) in [5, 5.41) is 9.29. The van der Waals surface area contributed by atoms with Crippen molar-refractivity contribution in [3.05, 3.63) is 30.1 Å². The summed E-state index contributed by atoms with van der Waals surface area (Å²) in [6, 6.07) is 1.57. The average Bonchev–Trinajstić information content (AvgIpc) is 2.84. The smallest absolute Gasteiger partial charge is 0.244 e. The van der Waals surface area contributed by atoms with E-state index in [4.69, 9.17) is 0 Å². The van der Waals surface area contributed by atoms with Crippen LogP contribution in [0, 0.1) is 0 Å². The van der Waals surface area contributed by atoms with Crippen LogP contribution in [0.2, 0.25) is 0 Å². The van der Waals surface area contributed by atoms with Gasteiger partial charge in [-0.2, -0.15) is 4.31 Å². The Morgan fingerprint density at radius 3 is 2.74 bits per heavy atom. The van der Waals surface area contributed by atoms with E-state index in [2.05, 4.69) is 0 Å². The fourth-order valence-electron chi connectivity index (χ4n) is 2.23. The van der Waals surface area contributed by atoms with Gasteiger partial charge in [0.25, 0.3) is 0 Å². The minimum absolute atomic E-state index is 0.143. The minimum atomic E-state index is -3.44. The molecule has 0 radical (unpaired) electrons. The second-order valence-corrected chi connectivity index (χ2v) is 6.58. The first-order chi connectivity index (χ1) is 9.09. The van der Waals surface area contributed by atoms with Crippen molar-refractivity contribution in [2.75, 3.05) is 13.1 Å². The van der Waals surface area contributed by atoms with E-state index in [9.17, 15) is 13.5 Å². The van der Waals surface area contributed by atoms with Crippen LogP contribution in [0.1, 0.15) is 25.5 Å². The Balaban J connectivity index is 2.32. The summed E-state index contributed by atoms with van der Waals surface area (Å²) < 4.78 is 28.2. The van der Waals surface area contributed by atoms with Gasteiger partial charge in [-0.1, -0.05) is 19.1 Å². The first kappa shape index (κ1) is 14.3. The predicted molar refractivity (Wildman–Crippen MR) is 73.2 cm³/mol. The monoisotopic (exact) mass is 284 g/mol. The van der Waals surface area contributed by atoms with E-state index in [1.165, 1.54) is 4.31 Å². The fourth-order valence-corrected chi connectivity index (χ4v) is 3.71. The highest BCUT2D eigenvalue weighted by molar-refractivity contribution is 7.89. The fraction of sp³-hybridized carbons (Fsp3) is 0.538. The molecule has 5 nitrogen and oxygen atoms in total. The highest BCUT2D eigenvalue weighted by Crippen LogP contribution is 2.21. The molecule has 2 rings (SSSR count). The summed E-state index contributed by atoms with van der Waals surface area (Å²) >= 11 is 0. The number of hydrogen-bond acceptors (Lipinski definition) is 3. The van der Waals surface area contributed by atoms with Crippen molar-refractivity contribution < 1.29 is 13.5 Å². The second kappa shape index (κ2) is 5.90. The van der Waals surface area contributed by atoms with Gasteiger partial charge in [-0.3, -0.25) is 0 Å². The van der Waals surface area contributed by atoms with E-state index in [1.54, 1.807) is 12.3 Å². The van der Waals surface area contributed by atoms with Gasteiger partial charge in [0.1, 0.15) is 4.90 Å². The zero-order valence-corrected chi connectivity index (χ0v) is 11.9. The number of aliphatic hydroxyl groups is 1. The van der Waals surface area contributed by atoms with E-state index in [0.29, 0.717) is 25.3 Å². The summed E-state index contributed by atoms with van der Waals surface area (Å²) in [4.78, 5) is 0.278. The number of sulfonamides is 1. The average molecular weight is 284 g/mol. The molecule has 2 heterocycles. The molecule has 1 aliphatic heterocycles. The van der Waals surface area contributed by atoms with Crippen molar-refractivity contribution in [3.63, 3.8) is 0 Å². The van der Waals surface area contributed by atoms with Gasteiger partial charge in [0.05, 0.1) is 6.61 Å². The van der Waals surface area contributed by atoms with Crippen LogP contribution in [0.15, 0.2) is 29.3 Å². The zero-order chi connectivity index (χ0) is 13.9. The Kier molecular flexibility index (Phi) is 4.44. The normalized spacial score (nSPS) is 16.9. The summed E-state index contributed by atoms with van der Waals surface area (Å²) in [6.07, 6.45) is 7.14. The molecule has 19 heavy (non-hydrogen) atoms. The predicted octanol–water partition coefficient (Wildman–Crippen LogP) is 1.34. The maximum Gasteiger partial charge on any atom is 0.244 e. The molecular weight excluding hydrogens is 264 g/mol. The second-order valence-electron chi connectivity index (χ2n) is 4.64. The molecule has 0 saturated heterocycles. The third-order valence-electron chi connectivity index (χ3n) is 3.25. The topological polar surface area (TPSA) is 62.5 Å². The molecule has 0 aromatic carbocycles. The molecule has 0 atom stereocenters. The summed E-state index contributed by atoms with van der Waals surface area (Å²) in [5.41, 5.74) is 0.646. The maximum atomic E-state index is 12.5. The number of hydrogen-bond donors (Lipinski definition) is 1. The Bertz CT molecular complexity index is 560. The lowest BCUT2D eigenvalue weighted by atomic mass is 10.3. The zero-order valence-electron chi connectivity index (χ0n) is 11.1. The van der Waals surface area contributed by atoms with Gasteiger partial charge >= 0.3 is 0 Å². The number of aryl methyl sites for hydroxylation is 1. The molecule has 0 amide bonds. The van der Waals surface area contributed by atoms with Crippen LogP contribution >= 0.6 is 0 Å². The molecule has 0 unspecified atom stereocenters. The van der Waals surface area contributed by atoms with Crippen LogP contribution in [-0.2, 0) is 23.2 Å². The van der Waals surface area contributed by atoms with Crippen LogP contribution in [0.5, 0.6) is 0 Å². The molecule has 106 valence electrons.